The molecule has 0 aliphatic carbocycles. The normalized spacial score (nSPS) is 9.94. The molecule has 0 unspecified atom stereocenters. The Labute approximate surface area is 98.6 Å². The van der Waals surface area contributed by atoms with Crippen molar-refractivity contribution in [2.24, 2.45) is 0 Å². The first kappa shape index (κ1) is 14.8. The summed E-state index contributed by atoms with van der Waals surface area (Å²) in [5.74, 6) is 0. The number of para-hydroxylation sites is 1. The van der Waals surface area contributed by atoms with E-state index in [1.54, 1.807) is 0 Å². The molecule has 4 heteroatoms. The molecule has 0 heterocycles. The molecule has 0 atom stereocenters. The second-order valence-electron chi connectivity index (χ2n) is 3.53. The SMILES string of the molecule is CC[N+](CC)(CC)c1ccccc1.O=B[O-]. The van der Waals surface area contributed by atoms with Crippen LogP contribution in [0.4, 0.5) is 5.69 Å². The van der Waals surface area contributed by atoms with E-state index in [1.165, 1.54) is 25.3 Å². The predicted molar refractivity (Wildman–Crippen MR) is 66.3 cm³/mol. The molecule has 3 nitrogen and oxygen atoms in total. The summed E-state index contributed by atoms with van der Waals surface area (Å²) >= 11 is 0. The van der Waals surface area contributed by atoms with Gasteiger partial charge in [-0.05, 0) is 32.9 Å². The van der Waals surface area contributed by atoms with Crippen molar-refractivity contribution < 1.29 is 9.73 Å². The fraction of sp³-hybridized carbons (Fsp3) is 0.500. The van der Waals surface area contributed by atoms with Crippen LogP contribution in [0.25, 0.3) is 0 Å². The summed E-state index contributed by atoms with van der Waals surface area (Å²) < 4.78 is 9.35. The van der Waals surface area contributed by atoms with Crippen molar-refractivity contribution in [3.8, 4) is 0 Å². The van der Waals surface area contributed by atoms with Crippen LogP contribution in [-0.2, 0) is 4.70 Å². The predicted octanol–water partition coefficient (Wildman–Crippen LogP) is 1.36. The molecule has 0 bridgehead atoms. The number of rotatable bonds is 4. The summed E-state index contributed by atoms with van der Waals surface area (Å²) in [7, 11) is -0.500. The maximum atomic E-state index is 8.25. The fourth-order valence-corrected chi connectivity index (χ4v) is 1.96. The standard InChI is InChI=1S/C12H20N.BO2/c1-4-13(5-2,6-3)12-10-8-7-9-11-12;2-1-3/h7-11H,4-6H2,1-3H3;/q+1;-1. The van der Waals surface area contributed by atoms with Gasteiger partial charge in [0.05, 0.1) is 19.6 Å². The van der Waals surface area contributed by atoms with E-state index in [0.717, 1.165) is 4.48 Å². The number of hydrogen-bond acceptors (Lipinski definition) is 2. The zero-order valence-electron chi connectivity index (χ0n) is 10.3. The zero-order valence-corrected chi connectivity index (χ0v) is 10.3. The average molecular weight is 221 g/mol. The summed E-state index contributed by atoms with van der Waals surface area (Å²) in [6, 6.07) is 10.8. The number of nitrogens with zero attached hydrogens (tertiary/aromatic N) is 1. The fourth-order valence-electron chi connectivity index (χ4n) is 1.96. The van der Waals surface area contributed by atoms with Gasteiger partial charge in [0.1, 0.15) is 5.69 Å². The van der Waals surface area contributed by atoms with Crippen LogP contribution in [0.2, 0.25) is 0 Å². The van der Waals surface area contributed by atoms with E-state index < -0.39 is 7.35 Å². The van der Waals surface area contributed by atoms with Crippen LogP contribution >= 0.6 is 0 Å². The number of quaternary nitrogens is 1. The van der Waals surface area contributed by atoms with E-state index in [0.29, 0.717) is 0 Å². The summed E-state index contributed by atoms with van der Waals surface area (Å²) in [6.45, 7) is 10.3. The Kier molecular flexibility index (Phi) is 7.47. The van der Waals surface area contributed by atoms with Crippen molar-refractivity contribution in [2.45, 2.75) is 20.8 Å². The van der Waals surface area contributed by atoms with Gasteiger partial charge in [-0.2, -0.15) is 0 Å². The van der Waals surface area contributed by atoms with Gasteiger partial charge in [0.15, 0.2) is 0 Å². The second kappa shape index (κ2) is 8.05. The third-order valence-electron chi connectivity index (χ3n) is 3.12. The van der Waals surface area contributed by atoms with E-state index >= 15 is 0 Å². The van der Waals surface area contributed by atoms with E-state index in [-0.39, 0.29) is 0 Å². The van der Waals surface area contributed by atoms with Gasteiger partial charge >= 0.3 is 17.1 Å². The molecule has 1 rings (SSSR count). The Bertz CT molecular complexity index is 278. The maximum absolute atomic E-state index is 8.25. The van der Waals surface area contributed by atoms with Crippen molar-refractivity contribution in [3.63, 3.8) is 0 Å². The van der Waals surface area contributed by atoms with Gasteiger partial charge in [-0.25, -0.2) is 0 Å². The molecular formula is C12H20BNO2. The molecule has 0 N–H and O–H groups in total. The zero-order chi connectivity index (χ0) is 12.4. The molecule has 1 aromatic rings. The minimum atomic E-state index is -0.500. The molecule has 0 saturated carbocycles. The molecular weight excluding hydrogens is 201 g/mol. The Morgan fingerprint density at radius 2 is 1.44 bits per heavy atom. The summed E-state index contributed by atoms with van der Waals surface area (Å²) in [6.07, 6.45) is 0. The first-order chi connectivity index (χ1) is 7.70. The molecule has 0 aliphatic heterocycles. The van der Waals surface area contributed by atoms with Gasteiger partial charge in [-0.1, -0.05) is 18.2 Å². The van der Waals surface area contributed by atoms with Gasteiger partial charge in [0.25, 0.3) is 0 Å². The van der Waals surface area contributed by atoms with Crippen LogP contribution < -0.4 is 9.51 Å². The van der Waals surface area contributed by atoms with E-state index in [9.17, 15) is 0 Å². The van der Waals surface area contributed by atoms with Gasteiger partial charge < -0.3 is 0 Å². The van der Waals surface area contributed by atoms with Crippen molar-refractivity contribution in [1.29, 1.82) is 0 Å². The molecule has 0 amide bonds. The Morgan fingerprint density at radius 3 is 1.75 bits per heavy atom. The molecule has 0 saturated heterocycles. The third kappa shape index (κ3) is 3.78. The van der Waals surface area contributed by atoms with Crippen LogP contribution in [-0.4, -0.2) is 27.0 Å². The van der Waals surface area contributed by atoms with Crippen LogP contribution in [0, 0.1) is 0 Å². The van der Waals surface area contributed by atoms with Crippen molar-refractivity contribution in [3.05, 3.63) is 30.3 Å². The van der Waals surface area contributed by atoms with Crippen LogP contribution in [0.3, 0.4) is 0 Å². The molecule has 88 valence electrons. The molecule has 0 spiro atoms. The Morgan fingerprint density at radius 1 is 1.06 bits per heavy atom. The summed E-state index contributed by atoms with van der Waals surface area (Å²) in [5.41, 5.74) is 1.44. The van der Waals surface area contributed by atoms with Crippen molar-refractivity contribution in [2.75, 3.05) is 19.6 Å². The summed E-state index contributed by atoms with van der Waals surface area (Å²) in [5, 5.41) is 8.25. The molecule has 0 aliphatic rings. The van der Waals surface area contributed by atoms with Crippen molar-refractivity contribution >= 4 is 13.0 Å². The first-order valence-electron chi connectivity index (χ1n) is 5.68. The number of hydrogen-bond donors (Lipinski definition) is 0. The van der Waals surface area contributed by atoms with E-state index in [4.69, 9.17) is 9.73 Å². The molecule has 0 radical (unpaired) electrons. The van der Waals surface area contributed by atoms with Gasteiger partial charge in [0, 0.05) is 0 Å². The van der Waals surface area contributed by atoms with Crippen LogP contribution in [0.1, 0.15) is 20.8 Å². The molecule has 1 aromatic carbocycles. The van der Waals surface area contributed by atoms with E-state index in [1.807, 2.05) is 0 Å². The number of benzene rings is 1. The van der Waals surface area contributed by atoms with Crippen LogP contribution in [0.5, 0.6) is 0 Å². The average Bonchev–Trinajstić information content (AvgIpc) is 2.34. The van der Waals surface area contributed by atoms with Crippen molar-refractivity contribution in [1.82, 2.24) is 4.48 Å². The summed E-state index contributed by atoms with van der Waals surface area (Å²) in [4.78, 5) is 0. The molecule has 0 fully saturated rings. The van der Waals surface area contributed by atoms with E-state index in [2.05, 4.69) is 51.1 Å². The minimum absolute atomic E-state index is 0.500. The monoisotopic (exact) mass is 221 g/mol. The molecule has 0 aromatic heterocycles. The van der Waals surface area contributed by atoms with Gasteiger partial charge in [0.2, 0.25) is 0 Å². The van der Waals surface area contributed by atoms with Gasteiger partial charge in [-0.3, -0.25) is 4.48 Å². The topological polar surface area (TPSA) is 40.1 Å². The molecule has 16 heavy (non-hydrogen) atoms. The third-order valence-corrected chi connectivity index (χ3v) is 3.12. The van der Waals surface area contributed by atoms with Crippen LogP contribution in [0.15, 0.2) is 30.3 Å². The quantitative estimate of drug-likeness (QED) is 0.569. The first-order valence-corrected chi connectivity index (χ1v) is 5.68. The Hall–Kier alpha value is -1.16. The Balaban J connectivity index is 0.000000673. The second-order valence-corrected chi connectivity index (χ2v) is 3.53. The van der Waals surface area contributed by atoms with Gasteiger partial charge in [-0.15, -0.1) is 0 Å².